The number of likely N-dealkylation sites (N-methyl/N-ethyl adjacent to an activating group) is 1. The van der Waals surface area contributed by atoms with Crippen molar-refractivity contribution < 1.29 is 4.79 Å². The van der Waals surface area contributed by atoms with Crippen molar-refractivity contribution in [3.63, 3.8) is 0 Å². The van der Waals surface area contributed by atoms with E-state index in [4.69, 9.17) is 4.99 Å². The van der Waals surface area contributed by atoms with E-state index in [1.807, 2.05) is 43.3 Å². The summed E-state index contributed by atoms with van der Waals surface area (Å²) in [4.78, 5) is 19.1. The van der Waals surface area contributed by atoms with Crippen LogP contribution in [-0.2, 0) is 6.54 Å². The lowest BCUT2D eigenvalue weighted by molar-refractivity contribution is 0.0951. The van der Waals surface area contributed by atoms with Crippen molar-refractivity contribution in [2.75, 3.05) is 33.7 Å². The minimum atomic E-state index is -0.0325. The van der Waals surface area contributed by atoms with E-state index < -0.39 is 0 Å². The van der Waals surface area contributed by atoms with E-state index in [9.17, 15) is 4.79 Å². The third-order valence-electron chi connectivity index (χ3n) is 4.74. The fourth-order valence-electron chi connectivity index (χ4n) is 3.24. The average Bonchev–Trinajstić information content (AvgIpc) is 2.67. The Morgan fingerprint density at radius 3 is 2.61 bits per heavy atom. The second kappa shape index (κ2) is 13.8. The molecule has 0 saturated heterocycles. The Bertz CT molecular complexity index is 615. The molecule has 0 aromatic heterocycles. The van der Waals surface area contributed by atoms with Crippen molar-refractivity contribution >= 4 is 35.8 Å². The molecule has 0 bridgehead atoms. The molecule has 3 N–H and O–H groups in total. The molecule has 1 aromatic carbocycles. The molecule has 0 aliphatic heterocycles. The zero-order valence-electron chi connectivity index (χ0n) is 17.5. The van der Waals surface area contributed by atoms with E-state index in [1.54, 1.807) is 0 Å². The first kappa shape index (κ1) is 24.7. The number of halogens is 1. The van der Waals surface area contributed by atoms with Crippen molar-refractivity contribution in [1.29, 1.82) is 0 Å². The normalized spacial score (nSPS) is 15.1. The molecule has 1 amide bonds. The zero-order chi connectivity index (χ0) is 19.5. The molecular weight excluding hydrogens is 465 g/mol. The van der Waals surface area contributed by atoms with Crippen LogP contribution in [0.1, 0.15) is 54.9 Å². The molecule has 1 aromatic rings. The molecule has 1 fully saturated rings. The third-order valence-corrected chi connectivity index (χ3v) is 4.74. The number of aliphatic imine (C=N–C) groups is 1. The fourth-order valence-corrected chi connectivity index (χ4v) is 3.24. The van der Waals surface area contributed by atoms with Gasteiger partial charge in [0.2, 0.25) is 0 Å². The summed E-state index contributed by atoms with van der Waals surface area (Å²) in [6, 6.07) is 8.24. The maximum atomic E-state index is 12.3. The van der Waals surface area contributed by atoms with Crippen molar-refractivity contribution in [3.8, 4) is 0 Å². The molecule has 0 atom stereocenters. The van der Waals surface area contributed by atoms with Crippen LogP contribution >= 0.6 is 24.0 Å². The number of guanidine groups is 1. The van der Waals surface area contributed by atoms with Crippen LogP contribution in [0.3, 0.4) is 0 Å². The zero-order valence-corrected chi connectivity index (χ0v) is 19.8. The van der Waals surface area contributed by atoms with Gasteiger partial charge >= 0.3 is 0 Å². The standard InChI is InChI=1S/C21H35N5O.HI/c1-4-22-21(25-19-11-6-5-7-12-19)24-16-17-9-8-10-18(15-17)20(27)23-13-14-26(2)3;/h8-10,15,19H,4-7,11-14,16H2,1-3H3,(H,23,27)(H2,22,24,25);1H. The van der Waals surface area contributed by atoms with Gasteiger partial charge in [-0.05, 0) is 51.6 Å². The topological polar surface area (TPSA) is 68.8 Å². The molecule has 1 aliphatic carbocycles. The maximum absolute atomic E-state index is 12.3. The van der Waals surface area contributed by atoms with Crippen LogP contribution in [0.25, 0.3) is 0 Å². The minimum Gasteiger partial charge on any atom is -0.357 e. The summed E-state index contributed by atoms with van der Waals surface area (Å²) >= 11 is 0. The Morgan fingerprint density at radius 1 is 1.18 bits per heavy atom. The first-order valence-electron chi connectivity index (χ1n) is 10.1. The number of rotatable bonds is 8. The van der Waals surface area contributed by atoms with Crippen LogP contribution < -0.4 is 16.0 Å². The molecule has 2 rings (SSSR count). The summed E-state index contributed by atoms with van der Waals surface area (Å²) in [7, 11) is 3.99. The number of nitrogens with one attached hydrogen (secondary N) is 3. The van der Waals surface area contributed by atoms with Crippen molar-refractivity contribution in [3.05, 3.63) is 35.4 Å². The average molecular weight is 501 g/mol. The summed E-state index contributed by atoms with van der Waals surface area (Å²) in [5, 5.41) is 9.84. The number of carbonyl (C=O) groups excluding carboxylic acids is 1. The second-order valence-corrected chi connectivity index (χ2v) is 7.43. The van der Waals surface area contributed by atoms with Gasteiger partial charge in [0.1, 0.15) is 0 Å². The van der Waals surface area contributed by atoms with Gasteiger partial charge in [0.15, 0.2) is 5.96 Å². The van der Waals surface area contributed by atoms with Gasteiger partial charge in [-0.2, -0.15) is 0 Å². The van der Waals surface area contributed by atoms with Crippen molar-refractivity contribution in [2.24, 2.45) is 4.99 Å². The van der Waals surface area contributed by atoms with Gasteiger partial charge < -0.3 is 20.9 Å². The van der Waals surface area contributed by atoms with E-state index in [0.29, 0.717) is 24.7 Å². The molecule has 6 nitrogen and oxygen atoms in total. The monoisotopic (exact) mass is 501 g/mol. The number of benzene rings is 1. The Labute approximate surface area is 187 Å². The second-order valence-electron chi connectivity index (χ2n) is 7.43. The van der Waals surface area contributed by atoms with Crippen LogP contribution in [0.15, 0.2) is 29.3 Å². The van der Waals surface area contributed by atoms with Crippen LogP contribution in [0.5, 0.6) is 0 Å². The van der Waals surface area contributed by atoms with E-state index in [-0.39, 0.29) is 29.9 Å². The molecule has 28 heavy (non-hydrogen) atoms. The van der Waals surface area contributed by atoms with Gasteiger partial charge in [-0.1, -0.05) is 31.4 Å². The van der Waals surface area contributed by atoms with Gasteiger partial charge in [-0.15, -0.1) is 24.0 Å². The predicted octanol–water partition coefficient (Wildman–Crippen LogP) is 2.98. The molecule has 7 heteroatoms. The van der Waals surface area contributed by atoms with Gasteiger partial charge in [0.25, 0.3) is 5.91 Å². The molecular formula is C21H36IN5O. The van der Waals surface area contributed by atoms with Crippen molar-refractivity contribution in [1.82, 2.24) is 20.9 Å². The molecule has 0 radical (unpaired) electrons. The number of hydrogen-bond donors (Lipinski definition) is 3. The first-order valence-corrected chi connectivity index (χ1v) is 10.1. The Balaban J connectivity index is 0.00000392. The van der Waals surface area contributed by atoms with Gasteiger partial charge in [-0.25, -0.2) is 4.99 Å². The fraction of sp³-hybridized carbons (Fsp3) is 0.619. The summed E-state index contributed by atoms with van der Waals surface area (Å²) < 4.78 is 0. The molecule has 0 unspecified atom stereocenters. The smallest absolute Gasteiger partial charge is 0.251 e. The lowest BCUT2D eigenvalue weighted by Crippen LogP contribution is -2.44. The predicted molar refractivity (Wildman–Crippen MR) is 128 cm³/mol. The quantitative estimate of drug-likeness (QED) is 0.291. The highest BCUT2D eigenvalue weighted by molar-refractivity contribution is 14.0. The number of nitrogens with zero attached hydrogens (tertiary/aromatic N) is 2. The Kier molecular flexibility index (Phi) is 12.1. The molecule has 0 heterocycles. The van der Waals surface area contributed by atoms with E-state index in [1.165, 1.54) is 32.1 Å². The largest absolute Gasteiger partial charge is 0.357 e. The summed E-state index contributed by atoms with van der Waals surface area (Å²) in [5.41, 5.74) is 1.72. The van der Waals surface area contributed by atoms with Crippen LogP contribution in [0.2, 0.25) is 0 Å². The van der Waals surface area contributed by atoms with Crippen LogP contribution in [0.4, 0.5) is 0 Å². The maximum Gasteiger partial charge on any atom is 0.251 e. The van der Waals surface area contributed by atoms with E-state index in [2.05, 4.69) is 22.9 Å². The van der Waals surface area contributed by atoms with E-state index >= 15 is 0 Å². The van der Waals surface area contributed by atoms with Gasteiger partial charge in [-0.3, -0.25) is 4.79 Å². The van der Waals surface area contributed by atoms with E-state index in [0.717, 1.165) is 24.6 Å². The first-order chi connectivity index (χ1) is 13.1. The number of carbonyl (C=O) groups is 1. The number of amides is 1. The summed E-state index contributed by atoms with van der Waals surface area (Å²) in [6.07, 6.45) is 6.36. The number of hydrogen-bond acceptors (Lipinski definition) is 3. The highest BCUT2D eigenvalue weighted by atomic mass is 127. The molecule has 1 aliphatic rings. The highest BCUT2D eigenvalue weighted by Gasteiger charge is 2.14. The third kappa shape index (κ3) is 9.23. The summed E-state index contributed by atoms with van der Waals surface area (Å²) in [5.74, 6) is 0.833. The lowest BCUT2D eigenvalue weighted by atomic mass is 9.96. The SMILES string of the molecule is CCNC(=NCc1cccc(C(=O)NCCN(C)C)c1)NC1CCCCC1.I. The van der Waals surface area contributed by atoms with Crippen LogP contribution in [-0.4, -0.2) is 56.5 Å². The summed E-state index contributed by atoms with van der Waals surface area (Å²) in [6.45, 7) is 4.95. The Hall–Kier alpha value is -1.35. The Morgan fingerprint density at radius 2 is 1.93 bits per heavy atom. The van der Waals surface area contributed by atoms with Gasteiger partial charge in [0, 0.05) is 31.2 Å². The highest BCUT2D eigenvalue weighted by Crippen LogP contribution is 2.17. The lowest BCUT2D eigenvalue weighted by Gasteiger charge is -2.24. The molecule has 1 saturated carbocycles. The molecule has 158 valence electrons. The molecule has 0 spiro atoms. The van der Waals surface area contributed by atoms with Crippen molar-refractivity contribution in [2.45, 2.75) is 51.6 Å². The van der Waals surface area contributed by atoms with Gasteiger partial charge in [0.05, 0.1) is 6.54 Å². The minimum absolute atomic E-state index is 0. The van der Waals surface area contributed by atoms with Crippen LogP contribution in [0, 0.1) is 0 Å².